The van der Waals surface area contributed by atoms with Crippen molar-refractivity contribution in [3.63, 3.8) is 0 Å². The Morgan fingerprint density at radius 2 is 1.94 bits per heavy atom. The number of carboxylic acid groups (broad SMARTS) is 1. The third-order valence-corrected chi connectivity index (χ3v) is 2.49. The minimum absolute atomic E-state index is 0.193. The topological polar surface area (TPSA) is 95.5 Å². The van der Waals surface area contributed by atoms with Crippen LogP contribution in [0, 0.1) is 0 Å². The molecule has 0 heterocycles. The summed E-state index contributed by atoms with van der Waals surface area (Å²) < 4.78 is 21.7. The Morgan fingerprint density at radius 3 is 2.41 bits per heavy atom. The molecule has 3 N–H and O–H groups in total. The van der Waals surface area contributed by atoms with Gasteiger partial charge in [-0.2, -0.15) is 4.83 Å². The second kappa shape index (κ2) is 5.76. The monoisotopic (exact) mass is 258 g/mol. The van der Waals surface area contributed by atoms with Crippen LogP contribution in [-0.2, 0) is 21.2 Å². The predicted octanol–water partition coefficient (Wildman–Crippen LogP) is -0.264. The van der Waals surface area contributed by atoms with Gasteiger partial charge in [0.25, 0.3) is 0 Å². The SMILES string of the molecule is CS(=O)(=O)NNC(Cc1ccccc1)C(=O)O. The lowest BCUT2D eigenvalue weighted by Gasteiger charge is -2.14. The summed E-state index contributed by atoms with van der Waals surface area (Å²) in [7, 11) is -3.47. The zero-order chi connectivity index (χ0) is 12.9. The summed E-state index contributed by atoms with van der Waals surface area (Å²) in [6.07, 6.45) is 1.14. The van der Waals surface area contributed by atoms with E-state index >= 15 is 0 Å². The molecule has 0 fully saturated rings. The molecule has 0 spiro atoms. The highest BCUT2D eigenvalue weighted by atomic mass is 32.2. The molecule has 1 aromatic rings. The lowest BCUT2D eigenvalue weighted by atomic mass is 10.1. The van der Waals surface area contributed by atoms with Crippen LogP contribution in [0.3, 0.4) is 0 Å². The van der Waals surface area contributed by atoms with Gasteiger partial charge in [0, 0.05) is 0 Å². The first kappa shape index (κ1) is 13.6. The van der Waals surface area contributed by atoms with E-state index in [2.05, 4.69) is 5.43 Å². The van der Waals surface area contributed by atoms with Gasteiger partial charge in [-0.15, -0.1) is 0 Å². The van der Waals surface area contributed by atoms with E-state index in [0.717, 1.165) is 11.8 Å². The standard InChI is InChI=1S/C10H14N2O4S/c1-17(15,16)12-11-9(10(13)14)7-8-5-3-2-4-6-8/h2-6,9,11-12H,7H2,1H3,(H,13,14). The Bertz CT molecular complexity index is 472. The van der Waals surface area contributed by atoms with Crippen molar-refractivity contribution in [1.29, 1.82) is 0 Å². The fourth-order valence-electron chi connectivity index (χ4n) is 1.23. The van der Waals surface area contributed by atoms with Gasteiger partial charge in [-0.05, 0) is 12.0 Å². The number of sulfonamides is 1. The first-order chi connectivity index (χ1) is 7.88. The number of hydrogen-bond acceptors (Lipinski definition) is 4. The summed E-state index contributed by atoms with van der Waals surface area (Å²) in [5, 5.41) is 8.93. The van der Waals surface area contributed by atoms with Crippen LogP contribution in [-0.4, -0.2) is 31.8 Å². The Labute approximate surface area is 99.7 Å². The first-order valence-electron chi connectivity index (χ1n) is 4.87. The molecule has 0 aromatic heterocycles. The van der Waals surface area contributed by atoms with Gasteiger partial charge in [0.2, 0.25) is 10.0 Å². The second-order valence-corrected chi connectivity index (χ2v) is 5.35. The van der Waals surface area contributed by atoms with Crippen molar-refractivity contribution in [2.45, 2.75) is 12.5 Å². The van der Waals surface area contributed by atoms with E-state index in [-0.39, 0.29) is 6.42 Å². The predicted molar refractivity (Wildman–Crippen MR) is 62.7 cm³/mol. The molecule has 0 radical (unpaired) electrons. The van der Waals surface area contributed by atoms with E-state index < -0.39 is 22.0 Å². The van der Waals surface area contributed by atoms with Gasteiger partial charge in [0.05, 0.1) is 6.26 Å². The maximum absolute atomic E-state index is 10.9. The third kappa shape index (κ3) is 5.43. The normalized spacial score (nSPS) is 13.2. The molecular formula is C10H14N2O4S. The van der Waals surface area contributed by atoms with Crippen molar-refractivity contribution in [2.24, 2.45) is 0 Å². The average Bonchev–Trinajstić information content (AvgIpc) is 2.24. The molecule has 0 saturated carbocycles. The van der Waals surface area contributed by atoms with Crippen molar-refractivity contribution < 1.29 is 18.3 Å². The number of rotatable bonds is 6. The Kier molecular flexibility index (Phi) is 4.62. The highest BCUT2D eigenvalue weighted by Crippen LogP contribution is 2.02. The van der Waals surface area contributed by atoms with Crippen molar-refractivity contribution >= 4 is 16.0 Å². The van der Waals surface area contributed by atoms with E-state index in [4.69, 9.17) is 5.11 Å². The molecule has 0 bridgehead atoms. The number of carbonyl (C=O) groups is 1. The molecule has 0 saturated heterocycles. The fourth-order valence-corrected chi connectivity index (χ4v) is 1.58. The lowest BCUT2D eigenvalue weighted by Crippen LogP contribution is -2.48. The molecule has 6 nitrogen and oxygen atoms in total. The third-order valence-electron chi connectivity index (χ3n) is 2.00. The van der Waals surface area contributed by atoms with E-state index in [1.54, 1.807) is 24.3 Å². The van der Waals surface area contributed by atoms with Crippen LogP contribution in [0.15, 0.2) is 30.3 Å². The molecule has 0 aliphatic rings. The number of nitrogens with one attached hydrogen (secondary N) is 2. The quantitative estimate of drug-likeness (QED) is 0.611. The van der Waals surface area contributed by atoms with Crippen LogP contribution in [0.2, 0.25) is 0 Å². The highest BCUT2D eigenvalue weighted by Gasteiger charge is 2.18. The van der Waals surface area contributed by atoms with Crippen LogP contribution in [0.25, 0.3) is 0 Å². The lowest BCUT2D eigenvalue weighted by molar-refractivity contribution is -0.139. The molecule has 0 amide bonds. The average molecular weight is 258 g/mol. The maximum atomic E-state index is 10.9. The number of hydrogen-bond donors (Lipinski definition) is 3. The van der Waals surface area contributed by atoms with Gasteiger partial charge in [0.15, 0.2) is 0 Å². The molecule has 0 aliphatic carbocycles. The first-order valence-corrected chi connectivity index (χ1v) is 6.76. The van der Waals surface area contributed by atoms with Crippen LogP contribution in [0.1, 0.15) is 5.56 Å². The number of aliphatic carboxylic acids is 1. The van der Waals surface area contributed by atoms with E-state index in [1.807, 2.05) is 10.9 Å². The number of hydrazine groups is 1. The van der Waals surface area contributed by atoms with Crippen LogP contribution < -0.4 is 10.3 Å². The smallest absolute Gasteiger partial charge is 0.322 e. The van der Waals surface area contributed by atoms with Gasteiger partial charge < -0.3 is 5.11 Å². The number of benzene rings is 1. The largest absolute Gasteiger partial charge is 0.480 e. The summed E-state index contributed by atoms with van der Waals surface area (Å²) in [6.45, 7) is 0. The summed E-state index contributed by atoms with van der Waals surface area (Å²) in [4.78, 5) is 12.9. The van der Waals surface area contributed by atoms with Gasteiger partial charge in [0.1, 0.15) is 6.04 Å². The minimum Gasteiger partial charge on any atom is -0.480 e. The maximum Gasteiger partial charge on any atom is 0.322 e. The Balaban J connectivity index is 2.65. The van der Waals surface area contributed by atoms with Gasteiger partial charge in [-0.1, -0.05) is 30.3 Å². The van der Waals surface area contributed by atoms with Gasteiger partial charge >= 0.3 is 5.97 Å². The molecule has 1 aromatic carbocycles. The van der Waals surface area contributed by atoms with E-state index in [9.17, 15) is 13.2 Å². The summed E-state index contributed by atoms with van der Waals surface area (Å²) >= 11 is 0. The van der Waals surface area contributed by atoms with Crippen LogP contribution in [0.5, 0.6) is 0 Å². The molecule has 17 heavy (non-hydrogen) atoms. The number of carboxylic acids is 1. The van der Waals surface area contributed by atoms with Gasteiger partial charge in [-0.3, -0.25) is 4.79 Å². The highest BCUT2D eigenvalue weighted by molar-refractivity contribution is 7.88. The van der Waals surface area contributed by atoms with Crippen molar-refractivity contribution in [3.05, 3.63) is 35.9 Å². The van der Waals surface area contributed by atoms with Crippen LogP contribution in [0.4, 0.5) is 0 Å². The minimum atomic E-state index is -3.47. The molecule has 1 atom stereocenters. The molecule has 94 valence electrons. The Hall–Kier alpha value is -1.44. The summed E-state index contributed by atoms with van der Waals surface area (Å²) in [5.74, 6) is -1.12. The van der Waals surface area contributed by atoms with Crippen molar-refractivity contribution in [1.82, 2.24) is 10.3 Å². The molecule has 1 unspecified atom stereocenters. The summed E-state index contributed by atoms with van der Waals surface area (Å²) in [6, 6.07) is 7.95. The van der Waals surface area contributed by atoms with E-state index in [0.29, 0.717) is 0 Å². The van der Waals surface area contributed by atoms with E-state index in [1.165, 1.54) is 0 Å². The molecule has 7 heteroatoms. The second-order valence-electron chi connectivity index (χ2n) is 3.60. The molecular weight excluding hydrogens is 244 g/mol. The van der Waals surface area contributed by atoms with Crippen molar-refractivity contribution in [3.8, 4) is 0 Å². The zero-order valence-electron chi connectivity index (χ0n) is 9.25. The summed E-state index contributed by atoms with van der Waals surface area (Å²) in [5.41, 5.74) is 3.08. The van der Waals surface area contributed by atoms with Gasteiger partial charge in [-0.25, -0.2) is 13.8 Å². The fraction of sp³-hybridized carbons (Fsp3) is 0.300. The van der Waals surface area contributed by atoms with Crippen molar-refractivity contribution in [2.75, 3.05) is 6.26 Å². The van der Waals surface area contributed by atoms with Crippen LogP contribution >= 0.6 is 0 Å². The Morgan fingerprint density at radius 1 is 1.35 bits per heavy atom. The zero-order valence-corrected chi connectivity index (χ0v) is 10.1. The molecule has 1 rings (SSSR count). The molecule has 0 aliphatic heterocycles.